The van der Waals surface area contributed by atoms with Crippen LogP contribution in [-0.4, -0.2) is 16.7 Å². The van der Waals surface area contributed by atoms with E-state index in [1.165, 1.54) is 0 Å². The fourth-order valence-electron chi connectivity index (χ4n) is 0.718. The second-order valence-electron chi connectivity index (χ2n) is 3.76. The van der Waals surface area contributed by atoms with Crippen LogP contribution in [0.25, 0.3) is 0 Å². The molecule has 12 heavy (non-hydrogen) atoms. The maximum absolute atomic E-state index is 4.09. The molecule has 66 valence electrons. The zero-order chi connectivity index (χ0) is 9.03. The van der Waals surface area contributed by atoms with Gasteiger partial charge in [0.25, 0.3) is 0 Å². The van der Waals surface area contributed by atoms with E-state index in [9.17, 15) is 0 Å². The van der Waals surface area contributed by atoms with E-state index in [0.717, 1.165) is 5.56 Å². The average molecular weight is 165 g/mol. The largest absolute Gasteiger partial charge is 0.367 e. The maximum Gasteiger partial charge on any atom is 0.0555 e. The number of nitrogens with one attached hydrogen (secondary N) is 2. The van der Waals surface area contributed by atoms with Gasteiger partial charge in [-0.15, -0.1) is 0 Å². The highest BCUT2D eigenvalue weighted by molar-refractivity contribution is 5.78. The number of aromatic nitrogens is 1. The predicted molar refractivity (Wildman–Crippen MR) is 51.3 cm³/mol. The monoisotopic (exact) mass is 165 g/mol. The summed E-state index contributed by atoms with van der Waals surface area (Å²) in [5, 5.41) is 4.09. The lowest BCUT2D eigenvalue weighted by Crippen LogP contribution is -2.31. The number of aromatic amines is 1. The molecule has 3 heteroatoms. The van der Waals surface area contributed by atoms with Gasteiger partial charge in [-0.2, -0.15) is 5.10 Å². The number of hydrogen-bond donors (Lipinski definition) is 2. The Morgan fingerprint density at radius 2 is 2.25 bits per heavy atom. The van der Waals surface area contributed by atoms with Crippen LogP contribution in [0.15, 0.2) is 23.6 Å². The topological polar surface area (TPSA) is 40.2 Å². The van der Waals surface area contributed by atoms with Crippen LogP contribution in [0.2, 0.25) is 0 Å². The molecule has 0 unspecified atom stereocenters. The SMILES string of the molecule is CC(C)(C)N/N=C/c1cc[nH]c1. The Hall–Kier alpha value is -1.25. The first-order valence-corrected chi connectivity index (χ1v) is 4.01. The highest BCUT2D eigenvalue weighted by Crippen LogP contribution is 1.98. The van der Waals surface area contributed by atoms with Crippen LogP contribution in [-0.2, 0) is 0 Å². The molecule has 0 amide bonds. The lowest BCUT2D eigenvalue weighted by atomic mass is 10.1. The van der Waals surface area contributed by atoms with Gasteiger partial charge in [0.05, 0.1) is 6.21 Å². The van der Waals surface area contributed by atoms with Gasteiger partial charge in [0.1, 0.15) is 0 Å². The van der Waals surface area contributed by atoms with Crippen molar-refractivity contribution in [3.8, 4) is 0 Å². The van der Waals surface area contributed by atoms with Crippen LogP contribution in [0.3, 0.4) is 0 Å². The molecule has 0 spiro atoms. The van der Waals surface area contributed by atoms with Crippen LogP contribution in [0.5, 0.6) is 0 Å². The molecule has 1 aromatic heterocycles. The van der Waals surface area contributed by atoms with Crippen molar-refractivity contribution >= 4 is 6.21 Å². The molecular formula is C9H15N3. The van der Waals surface area contributed by atoms with E-state index in [1.807, 2.05) is 18.5 Å². The van der Waals surface area contributed by atoms with Gasteiger partial charge in [-0.05, 0) is 26.8 Å². The van der Waals surface area contributed by atoms with E-state index in [1.54, 1.807) is 6.21 Å². The van der Waals surface area contributed by atoms with Crippen molar-refractivity contribution in [2.24, 2.45) is 5.10 Å². The van der Waals surface area contributed by atoms with E-state index in [0.29, 0.717) is 0 Å². The molecule has 0 aliphatic carbocycles. The number of hydrogen-bond acceptors (Lipinski definition) is 2. The molecule has 0 bridgehead atoms. The van der Waals surface area contributed by atoms with Gasteiger partial charge >= 0.3 is 0 Å². The maximum atomic E-state index is 4.09. The van der Waals surface area contributed by atoms with Gasteiger partial charge in [0.15, 0.2) is 0 Å². The molecule has 0 fully saturated rings. The molecule has 0 aromatic carbocycles. The van der Waals surface area contributed by atoms with Crippen molar-refractivity contribution in [1.82, 2.24) is 10.4 Å². The molecule has 0 aliphatic rings. The molecule has 2 N–H and O–H groups in total. The summed E-state index contributed by atoms with van der Waals surface area (Å²) in [6, 6.07) is 1.97. The number of nitrogens with zero attached hydrogens (tertiary/aromatic N) is 1. The third-order valence-electron chi connectivity index (χ3n) is 1.24. The minimum atomic E-state index is 0.0345. The summed E-state index contributed by atoms with van der Waals surface area (Å²) >= 11 is 0. The standard InChI is InChI=1S/C9H15N3/c1-9(2,3)12-11-7-8-4-5-10-6-8/h4-7,10,12H,1-3H3/b11-7+. The molecule has 0 saturated heterocycles. The molecule has 0 radical (unpaired) electrons. The van der Waals surface area contributed by atoms with Crippen LogP contribution >= 0.6 is 0 Å². The number of H-pyrrole nitrogens is 1. The summed E-state index contributed by atoms with van der Waals surface area (Å²) in [7, 11) is 0. The van der Waals surface area contributed by atoms with E-state index < -0.39 is 0 Å². The van der Waals surface area contributed by atoms with E-state index in [-0.39, 0.29) is 5.54 Å². The summed E-state index contributed by atoms with van der Waals surface area (Å²) in [6.45, 7) is 6.21. The first-order valence-electron chi connectivity index (χ1n) is 4.01. The van der Waals surface area contributed by atoms with Crippen LogP contribution in [0.1, 0.15) is 26.3 Å². The summed E-state index contributed by atoms with van der Waals surface area (Å²) in [5.74, 6) is 0. The van der Waals surface area contributed by atoms with Gasteiger partial charge in [0, 0.05) is 23.5 Å². The summed E-state index contributed by atoms with van der Waals surface area (Å²) < 4.78 is 0. The fourth-order valence-corrected chi connectivity index (χ4v) is 0.718. The summed E-state index contributed by atoms with van der Waals surface area (Å²) in [5.41, 5.74) is 4.13. The Morgan fingerprint density at radius 3 is 2.75 bits per heavy atom. The quantitative estimate of drug-likeness (QED) is 0.508. The van der Waals surface area contributed by atoms with Crippen molar-refractivity contribution in [2.75, 3.05) is 0 Å². The van der Waals surface area contributed by atoms with E-state index >= 15 is 0 Å². The molecule has 1 rings (SSSR count). The zero-order valence-corrected chi connectivity index (χ0v) is 7.76. The first-order chi connectivity index (χ1) is 5.58. The van der Waals surface area contributed by atoms with E-state index in [2.05, 4.69) is 36.3 Å². The third kappa shape index (κ3) is 3.23. The minimum Gasteiger partial charge on any atom is -0.367 e. The van der Waals surface area contributed by atoms with Crippen molar-refractivity contribution in [3.63, 3.8) is 0 Å². The van der Waals surface area contributed by atoms with Crippen LogP contribution in [0.4, 0.5) is 0 Å². The molecule has 1 aromatic rings. The molecule has 1 heterocycles. The Balaban J connectivity index is 2.42. The summed E-state index contributed by atoms with van der Waals surface area (Å²) in [4.78, 5) is 2.96. The molecule has 0 saturated carbocycles. The van der Waals surface area contributed by atoms with Crippen molar-refractivity contribution in [3.05, 3.63) is 24.0 Å². The van der Waals surface area contributed by atoms with Crippen LogP contribution in [0, 0.1) is 0 Å². The van der Waals surface area contributed by atoms with Gasteiger partial charge < -0.3 is 10.4 Å². The highest BCUT2D eigenvalue weighted by atomic mass is 15.3. The number of hydrazone groups is 1. The van der Waals surface area contributed by atoms with Crippen molar-refractivity contribution in [1.29, 1.82) is 0 Å². The van der Waals surface area contributed by atoms with Crippen LogP contribution < -0.4 is 5.43 Å². The Morgan fingerprint density at radius 1 is 1.50 bits per heavy atom. The Kier molecular flexibility index (Phi) is 2.53. The molecule has 3 nitrogen and oxygen atoms in total. The van der Waals surface area contributed by atoms with Crippen molar-refractivity contribution < 1.29 is 0 Å². The second-order valence-corrected chi connectivity index (χ2v) is 3.76. The van der Waals surface area contributed by atoms with E-state index in [4.69, 9.17) is 0 Å². The normalized spacial score (nSPS) is 12.2. The molecular weight excluding hydrogens is 150 g/mol. The third-order valence-corrected chi connectivity index (χ3v) is 1.24. The first kappa shape index (κ1) is 8.84. The lowest BCUT2D eigenvalue weighted by Gasteiger charge is -2.16. The lowest BCUT2D eigenvalue weighted by molar-refractivity contribution is 0.442. The zero-order valence-electron chi connectivity index (χ0n) is 7.76. The highest BCUT2D eigenvalue weighted by Gasteiger charge is 2.05. The molecule has 0 atom stereocenters. The number of rotatable bonds is 2. The minimum absolute atomic E-state index is 0.0345. The molecule has 0 aliphatic heterocycles. The predicted octanol–water partition coefficient (Wildman–Crippen LogP) is 1.74. The van der Waals surface area contributed by atoms with Gasteiger partial charge in [-0.25, -0.2) is 0 Å². The average Bonchev–Trinajstić information content (AvgIpc) is 2.36. The van der Waals surface area contributed by atoms with Crippen molar-refractivity contribution in [2.45, 2.75) is 26.3 Å². The Bertz CT molecular complexity index is 241. The summed E-state index contributed by atoms with van der Waals surface area (Å²) in [6.07, 6.45) is 5.56. The van der Waals surface area contributed by atoms with Gasteiger partial charge in [0.2, 0.25) is 0 Å². The van der Waals surface area contributed by atoms with Gasteiger partial charge in [-0.1, -0.05) is 0 Å². The second kappa shape index (κ2) is 3.43. The van der Waals surface area contributed by atoms with Gasteiger partial charge in [-0.3, -0.25) is 0 Å². The fraction of sp³-hybridized carbons (Fsp3) is 0.444. The Labute approximate surface area is 72.9 Å². The smallest absolute Gasteiger partial charge is 0.0555 e.